The summed E-state index contributed by atoms with van der Waals surface area (Å²) in [6.45, 7) is 1.72. The van der Waals surface area contributed by atoms with Crippen LogP contribution in [0.2, 0.25) is 10.2 Å². The number of piperazine rings is 1. The first kappa shape index (κ1) is 13.6. The van der Waals surface area contributed by atoms with E-state index in [2.05, 4.69) is 4.98 Å². The molecule has 2 aliphatic rings. The van der Waals surface area contributed by atoms with Gasteiger partial charge in [-0.2, -0.15) is 0 Å². The normalized spacial score (nSPS) is 22.1. The molecule has 1 aromatic heterocycles. The van der Waals surface area contributed by atoms with Gasteiger partial charge in [0.25, 0.3) is 5.91 Å². The highest BCUT2D eigenvalue weighted by molar-refractivity contribution is 6.41. The number of nitrogens with zero attached hydrogens (tertiary/aromatic N) is 3. The minimum Gasteiger partial charge on any atom is -0.336 e. The Labute approximate surface area is 126 Å². The molecular formula is C13H13Cl2N3O2. The van der Waals surface area contributed by atoms with E-state index in [9.17, 15) is 9.59 Å². The molecule has 2 saturated heterocycles. The Hall–Kier alpha value is -1.33. The maximum absolute atomic E-state index is 12.4. The van der Waals surface area contributed by atoms with Crippen molar-refractivity contribution in [1.82, 2.24) is 14.8 Å². The second-order valence-electron chi connectivity index (χ2n) is 5.03. The minimum absolute atomic E-state index is 0.116. The number of hydrogen-bond donors (Lipinski definition) is 0. The van der Waals surface area contributed by atoms with Crippen LogP contribution in [0.15, 0.2) is 12.3 Å². The van der Waals surface area contributed by atoms with E-state index in [0.29, 0.717) is 31.6 Å². The van der Waals surface area contributed by atoms with Crippen LogP contribution < -0.4 is 0 Å². The van der Waals surface area contributed by atoms with Gasteiger partial charge in [-0.3, -0.25) is 9.59 Å². The third kappa shape index (κ3) is 2.36. The quantitative estimate of drug-likeness (QED) is 0.743. The Morgan fingerprint density at radius 2 is 2.15 bits per heavy atom. The number of carbonyl (C=O) groups is 2. The van der Waals surface area contributed by atoms with Gasteiger partial charge in [0.05, 0.1) is 10.6 Å². The van der Waals surface area contributed by atoms with Gasteiger partial charge in [0, 0.05) is 38.3 Å². The number of pyridine rings is 1. The molecule has 106 valence electrons. The van der Waals surface area contributed by atoms with Crippen molar-refractivity contribution in [2.24, 2.45) is 0 Å². The highest BCUT2D eigenvalue weighted by atomic mass is 35.5. The molecule has 0 saturated carbocycles. The Kier molecular flexibility index (Phi) is 3.56. The highest BCUT2D eigenvalue weighted by Crippen LogP contribution is 2.25. The predicted molar refractivity (Wildman–Crippen MR) is 74.9 cm³/mol. The molecule has 0 radical (unpaired) electrons. The van der Waals surface area contributed by atoms with Crippen LogP contribution in [0, 0.1) is 0 Å². The van der Waals surface area contributed by atoms with Crippen LogP contribution in [0.1, 0.15) is 23.2 Å². The molecule has 2 aliphatic heterocycles. The highest BCUT2D eigenvalue weighted by Gasteiger charge is 2.37. The number of amides is 2. The van der Waals surface area contributed by atoms with Crippen LogP contribution in [0.4, 0.5) is 0 Å². The average Bonchev–Trinajstić information content (AvgIpc) is 2.82. The van der Waals surface area contributed by atoms with Crippen molar-refractivity contribution in [3.63, 3.8) is 0 Å². The summed E-state index contributed by atoms with van der Waals surface area (Å²) >= 11 is 11.6. The van der Waals surface area contributed by atoms with Gasteiger partial charge in [-0.1, -0.05) is 23.2 Å². The zero-order chi connectivity index (χ0) is 14.3. The van der Waals surface area contributed by atoms with Gasteiger partial charge in [0.1, 0.15) is 5.15 Å². The van der Waals surface area contributed by atoms with Gasteiger partial charge in [0.2, 0.25) is 5.91 Å². The molecule has 1 atom stereocenters. The number of aromatic nitrogens is 1. The molecule has 1 aromatic rings. The van der Waals surface area contributed by atoms with Crippen LogP contribution >= 0.6 is 23.2 Å². The SMILES string of the molecule is O=C(c1cnc(Cl)c(Cl)c1)N1CCN2C(=O)CCC2C1. The number of fused-ring (bicyclic) bond motifs is 1. The molecule has 0 aromatic carbocycles. The van der Waals surface area contributed by atoms with E-state index in [1.165, 1.54) is 12.3 Å². The van der Waals surface area contributed by atoms with Gasteiger partial charge in [-0.15, -0.1) is 0 Å². The molecule has 2 amide bonds. The smallest absolute Gasteiger partial charge is 0.255 e. The molecule has 1 unspecified atom stereocenters. The monoisotopic (exact) mass is 313 g/mol. The van der Waals surface area contributed by atoms with E-state index in [-0.39, 0.29) is 28.0 Å². The fourth-order valence-electron chi connectivity index (χ4n) is 2.77. The lowest BCUT2D eigenvalue weighted by Gasteiger charge is -2.37. The Bertz CT molecular complexity index is 579. The van der Waals surface area contributed by atoms with Gasteiger partial charge in [-0.25, -0.2) is 4.98 Å². The van der Waals surface area contributed by atoms with Crippen LogP contribution in [0.3, 0.4) is 0 Å². The summed E-state index contributed by atoms with van der Waals surface area (Å²) in [4.78, 5) is 31.5. The van der Waals surface area contributed by atoms with E-state index in [1.807, 2.05) is 4.90 Å². The molecule has 2 fully saturated rings. The van der Waals surface area contributed by atoms with Crippen molar-refractivity contribution < 1.29 is 9.59 Å². The number of halogens is 2. The van der Waals surface area contributed by atoms with Crippen molar-refractivity contribution in [3.05, 3.63) is 28.0 Å². The summed E-state index contributed by atoms with van der Waals surface area (Å²) in [7, 11) is 0. The standard InChI is InChI=1S/C13H13Cl2N3O2/c14-10-5-8(6-16-12(10)15)13(20)17-3-4-18-9(7-17)1-2-11(18)19/h5-6,9H,1-4,7H2. The lowest BCUT2D eigenvalue weighted by atomic mass is 10.1. The first-order valence-electron chi connectivity index (χ1n) is 6.46. The average molecular weight is 314 g/mol. The zero-order valence-electron chi connectivity index (χ0n) is 10.7. The van der Waals surface area contributed by atoms with E-state index in [1.54, 1.807) is 4.90 Å². The van der Waals surface area contributed by atoms with Gasteiger partial charge in [0.15, 0.2) is 0 Å². The van der Waals surface area contributed by atoms with Crippen LogP contribution in [0.25, 0.3) is 0 Å². The van der Waals surface area contributed by atoms with Crippen LogP contribution in [-0.4, -0.2) is 52.3 Å². The van der Waals surface area contributed by atoms with Gasteiger partial charge >= 0.3 is 0 Å². The Balaban J connectivity index is 1.75. The summed E-state index contributed by atoms with van der Waals surface area (Å²) < 4.78 is 0. The van der Waals surface area contributed by atoms with Crippen molar-refractivity contribution in [2.45, 2.75) is 18.9 Å². The lowest BCUT2D eigenvalue weighted by molar-refractivity contribution is -0.130. The Morgan fingerprint density at radius 3 is 2.90 bits per heavy atom. The fourth-order valence-corrected chi connectivity index (χ4v) is 3.04. The minimum atomic E-state index is -0.116. The first-order valence-corrected chi connectivity index (χ1v) is 7.21. The summed E-state index contributed by atoms with van der Waals surface area (Å²) in [5.74, 6) is 0.0772. The second kappa shape index (κ2) is 5.22. The summed E-state index contributed by atoms with van der Waals surface area (Å²) in [6.07, 6.45) is 2.84. The maximum atomic E-state index is 12.4. The molecule has 0 aliphatic carbocycles. The van der Waals surface area contributed by atoms with E-state index in [4.69, 9.17) is 23.2 Å². The molecular weight excluding hydrogens is 301 g/mol. The lowest BCUT2D eigenvalue weighted by Crippen LogP contribution is -2.53. The van der Waals surface area contributed by atoms with Crippen LogP contribution in [0.5, 0.6) is 0 Å². The molecule has 5 nitrogen and oxygen atoms in total. The van der Waals surface area contributed by atoms with Crippen molar-refractivity contribution in [3.8, 4) is 0 Å². The fraction of sp³-hybridized carbons (Fsp3) is 0.462. The number of hydrogen-bond acceptors (Lipinski definition) is 3. The number of carbonyl (C=O) groups excluding carboxylic acids is 2. The first-order chi connectivity index (χ1) is 9.56. The third-order valence-corrected chi connectivity index (χ3v) is 4.51. The summed E-state index contributed by atoms with van der Waals surface area (Å²) in [6, 6.07) is 1.68. The topological polar surface area (TPSA) is 53.5 Å². The van der Waals surface area contributed by atoms with Gasteiger partial charge in [-0.05, 0) is 12.5 Å². The van der Waals surface area contributed by atoms with E-state index < -0.39 is 0 Å². The summed E-state index contributed by atoms with van der Waals surface area (Å²) in [5, 5.41) is 0.460. The van der Waals surface area contributed by atoms with Crippen molar-refractivity contribution in [2.75, 3.05) is 19.6 Å². The molecule has 0 N–H and O–H groups in total. The molecule has 3 heterocycles. The summed E-state index contributed by atoms with van der Waals surface area (Å²) in [5.41, 5.74) is 0.428. The Morgan fingerprint density at radius 1 is 1.35 bits per heavy atom. The molecule has 0 bridgehead atoms. The molecule has 0 spiro atoms. The van der Waals surface area contributed by atoms with Crippen LogP contribution in [-0.2, 0) is 4.79 Å². The molecule has 20 heavy (non-hydrogen) atoms. The molecule has 3 rings (SSSR count). The maximum Gasteiger partial charge on any atom is 0.255 e. The zero-order valence-corrected chi connectivity index (χ0v) is 12.2. The second-order valence-corrected chi connectivity index (χ2v) is 5.79. The van der Waals surface area contributed by atoms with E-state index >= 15 is 0 Å². The predicted octanol–water partition coefficient (Wildman–Crippen LogP) is 1.84. The van der Waals surface area contributed by atoms with Crippen molar-refractivity contribution >= 4 is 35.0 Å². The van der Waals surface area contributed by atoms with E-state index in [0.717, 1.165) is 6.42 Å². The largest absolute Gasteiger partial charge is 0.336 e. The van der Waals surface area contributed by atoms with Crippen molar-refractivity contribution in [1.29, 1.82) is 0 Å². The molecule has 7 heteroatoms. The third-order valence-electron chi connectivity index (χ3n) is 3.82. The van der Waals surface area contributed by atoms with Gasteiger partial charge < -0.3 is 9.80 Å². The number of rotatable bonds is 1.